The van der Waals surface area contributed by atoms with Gasteiger partial charge in [-0.2, -0.15) is 0 Å². The van der Waals surface area contributed by atoms with E-state index in [2.05, 4.69) is 64.1 Å². The number of carbonyl (C=O) groups excluding carboxylic acids is 2. The molecule has 4 aromatic carbocycles. The van der Waals surface area contributed by atoms with E-state index in [-0.39, 0.29) is 11.9 Å². The molecule has 1 aliphatic heterocycles. The molecule has 0 fully saturated rings. The standard InChI is InChI=1S/C32H31I2NO4/c1-20-16-22(3)31-28(18-20)33(39-34(38-25(6)37)29-19-21(2)17-23(4)32(29)31)35(24(5)36)30-15-11-10-14-27(30)26-12-8-7-9-13-26/h7-19H,1-6H3. The molecule has 1 amide bonds. The summed E-state index contributed by atoms with van der Waals surface area (Å²) in [5.41, 5.74) is 9.43. The van der Waals surface area contributed by atoms with E-state index in [1.165, 1.54) is 6.92 Å². The Morgan fingerprint density at radius 1 is 0.744 bits per heavy atom. The van der Waals surface area contributed by atoms with Gasteiger partial charge in [-0.25, -0.2) is 0 Å². The van der Waals surface area contributed by atoms with Crippen molar-refractivity contribution in [3.8, 4) is 22.3 Å². The van der Waals surface area contributed by atoms with Crippen LogP contribution in [0.2, 0.25) is 0 Å². The van der Waals surface area contributed by atoms with Crippen LogP contribution in [-0.4, -0.2) is 11.9 Å². The first kappa shape index (κ1) is 27.8. The number of fused-ring (bicyclic) bond motifs is 3. The number of aryl methyl sites for hydroxylation is 4. The monoisotopic (exact) mass is 747 g/mol. The molecule has 1 heterocycles. The van der Waals surface area contributed by atoms with Crippen molar-refractivity contribution in [1.82, 2.24) is 0 Å². The third-order valence-corrected chi connectivity index (χ3v) is 17.9. The van der Waals surface area contributed by atoms with E-state index < -0.39 is 41.2 Å². The number of hydrogen-bond acceptors (Lipinski definition) is 4. The molecule has 5 nitrogen and oxygen atoms in total. The van der Waals surface area contributed by atoms with E-state index in [0.717, 1.165) is 57.3 Å². The van der Waals surface area contributed by atoms with Crippen molar-refractivity contribution in [3.63, 3.8) is 0 Å². The van der Waals surface area contributed by atoms with Gasteiger partial charge in [0.25, 0.3) is 0 Å². The SMILES string of the molecule is CC(=O)OI1OI(N(C(C)=O)c2ccccc2-c2ccccc2)c2cc(C)cc(C)c2-c2c(C)cc(C)cc21. The average molecular weight is 747 g/mol. The third-order valence-electron chi connectivity index (χ3n) is 6.37. The van der Waals surface area contributed by atoms with Crippen LogP contribution in [-0.2, 0) is 14.1 Å². The van der Waals surface area contributed by atoms with Crippen molar-refractivity contribution in [3.05, 3.63) is 108 Å². The molecule has 202 valence electrons. The van der Waals surface area contributed by atoms with Crippen LogP contribution in [0.15, 0.2) is 78.9 Å². The Balaban J connectivity index is 1.82. The Morgan fingerprint density at radius 3 is 1.92 bits per heavy atom. The number of halogens is 2. The molecular weight excluding hydrogens is 716 g/mol. The summed E-state index contributed by atoms with van der Waals surface area (Å²) < 4.78 is 17.0. The topological polar surface area (TPSA) is 55.8 Å². The summed E-state index contributed by atoms with van der Waals surface area (Å²) in [4.78, 5) is 26.0. The number of anilines is 1. The van der Waals surface area contributed by atoms with Crippen molar-refractivity contribution < 1.29 is 14.1 Å². The molecule has 4 aromatic rings. The van der Waals surface area contributed by atoms with E-state index in [1.807, 2.05) is 45.6 Å². The van der Waals surface area contributed by atoms with Crippen LogP contribution >= 0.6 is 41.2 Å². The van der Waals surface area contributed by atoms with Gasteiger partial charge < -0.3 is 0 Å². The molecule has 0 aromatic heterocycles. The third kappa shape index (κ3) is 5.49. The van der Waals surface area contributed by atoms with Crippen molar-refractivity contribution in [2.24, 2.45) is 0 Å². The number of amides is 1. The van der Waals surface area contributed by atoms with Crippen LogP contribution in [0.4, 0.5) is 5.69 Å². The van der Waals surface area contributed by atoms with Crippen molar-refractivity contribution >= 4 is 58.7 Å². The number of rotatable bonds is 4. The number of hydrogen-bond donors (Lipinski definition) is 0. The quantitative estimate of drug-likeness (QED) is 0.155. The summed E-state index contributed by atoms with van der Waals surface area (Å²) >= 11 is -5.97. The molecular formula is C32H31I2NO4. The zero-order chi connectivity index (χ0) is 27.8. The summed E-state index contributed by atoms with van der Waals surface area (Å²) in [5, 5.41) is 0. The zero-order valence-electron chi connectivity index (χ0n) is 22.8. The molecule has 0 saturated heterocycles. The van der Waals surface area contributed by atoms with Gasteiger partial charge in [-0.05, 0) is 0 Å². The van der Waals surface area contributed by atoms with Crippen molar-refractivity contribution in [2.75, 3.05) is 3.11 Å². The van der Waals surface area contributed by atoms with Gasteiger partial charge in [0.15, 0.2) is 0 Å². The fourth-order valence-corrected chi connectivity index (χ4v) is 18.2. The van der Waals surface area contributed by atoms with E-state index in [9.17, 15) is 9.59 Å². The summed E-state index contributed by atoms with van der Waals surface area (Å²) in [6.45, 7) is 11.4. The average Bonchev–Trinajstić information content (AvgIpc) is 3.00. The first-order chi connectivity index (χ1) is 18.7. The van der Waals surface area contributed by atoms with Gasteiger partial charge in [0.1, 0.15) is 0 Å². The van der Waals surface area contributed by atoms with E-state index in [1.54, 1.807) is 6.92 Å². The second kappa shape index (κ2) is 11.4. The van der Waals surface area contributed by atoms with Crippen LogP contribution in [0, 0.1) is 34.8 Å². The van der Waals surface area contributed by atoms with Gasteiger partial charge in [-0.1, -0.05) is 0 Å². The van der Waals surface area contributed by atoms with E-state index in [4.69, 9.17) is 4.46 Å². The fraction of sp³-hybridized carbons (Fsp3) is 0.188. The second-order valence-corrected chi connectivity index (χ2v) is 18.5. The molecule has 7 heteroatoms. The van der Waals surface area contributed by atoms with Crippen LogP contribution in [0.3, 0.4) is 0 Å². The molecule has 0 N–H and O–H groups in total. The summed E-state index contributed by atoms with van der Waals surface area (Å²) in [7, 11) is 0. The Morgan fingerprint density at radius 2 is 1.31 bits per heavy atom. The van der Waals surface area contributed by atoms with Crippen molar-refractivity contribution in [2.45, 2.75) is 41.5 Å². The van der Waals surface area contributed by atoms with E-state index in [0.29, 0.717) is 0 Å². The van der Waals surface area contributed by atoms with E-state index >= 15 is 0 Å². The molecule has 0 spiro atoms. The Kier molecular flexibility index (Phi) is 8.11. The number of benzene rings is 4. The molecule has 1 aliphatic rings. The van der Waals surface area contributed by atoms with Crippen LogP contribution in [0.5, 0.6) is 0 Å². The minimum absolute atomic E-state index is 0.0915. The van der Waals surface area contributed by atoms with Gasteiger partial charge in [0, 0.05) is 0 Å². The molecule has 0 saturated carbocycles. The number of nitrogens with zero attached hydrogens (tertiary/aromatic N) is 1. The fourth-order valence-electron chi connectivity index (χ4n) is 4.96. The van der Waals surface area contributed by atoms with Gasteiger partial charge >= 0.3 is 248 Å². The number of carbonyl (C=O) groups is 2. The zero-order valence-corrected chi connectivity index (χ0v) is 27.2. The molecule has 0 aliphatic carbocycles. The predicted octanol–water partition coefficient (Wildman–Crippen LogP) is 8.91. The maximum absolute atomic E-state index is 13.6. The first-order valence-electron chi connectivity index (χ1n) is 12.6. The Hall–Kier alpha value is -2.76. The number of para-hydroxylation sites is 1. The van der Waals surface area contributed by atoms with Crippen LogP contribution in [0.1, 0.15) is 36.1 Å². The van der Waals surface area contributed by atoms with Gasteiger partial charge in [-0.15, -0.1) is 0 Å². The summed E-state index contributed by atoms with van der Waals surface area (Å²) in [6, 6.07) is 26.7. The Bertz CT molecular complexity index is 1590. The molecule has 0 radical (unpaired) electrons. The van der Waals surface area contributed by atoms with Gasteiger partial charge in [0.2, 0.25) is 0 Å². The maximum atomic E-state index is 13.6. The summed E-state index contributed by atoms with van der Waals surface area (Å²) in [5.74, 6) is -0.453. The minimum atomic E-state index is -2.99. The van der Waals surface area contributed by atoms with Crippen molar-refractivity contribution in [1.29, 1.82) is 0 Å². The normalized spacial score (nSPS) is 14.2. The summed E-state index contributed by atoms with van der Waals surface area (Å²) in [6.07, 6.45) is 0. The Labute approximate surface area is 246 Å². The molecule has 0 unspecified atom stereocenters. The molecule has 39 heavy (non-hydrogen) atoms. The van der Waals surface area contributed by atoms with Crippen LogP contribution in [0.25, 0.3) is 22.3 Å². The second-order valence-electron chi connectivity index (χ2n) is 9.64. The first-order valence-corrected chi connectivity index (χ1v) is 18.4. The van der Waals surface area contributed by atoms with Crippen LogP contribution < -0.4 is 3.11 Å². The predicted molar refractivity (Wildman–Crippen MR) is 174 cm³/mol. The molecule has 0 atom stereocenters. The molecule has 5 rings (SSSR count). The molecule has 0 bridgehead atoms. The van der Waals surface area contributed by atoms with Gasteiger partial charge in [0.05, 0.1) is 0 Å². The van der Waals surface area contributed by atoms with Gasteiger partial charge in [-0.3, -0.25) is 0 Å².